The van der Waals surface area contributed by atoms with Gasteiger partial charge in [0, 0.05) is 31.6 Å². The Hall–Kier alpha value is -4.10. The lowest BCUT2D eigenvalue weighted by Crippen LogP contribution is -2.48. The molecule has 0 saturated heterocycles. The van der Waals surface area contributed by atoms with Gasteiger partial charge in [-0.3, -0.25) is 4.79 Å². The molecule has 3 aromatic carbocycles. The zero-order valence-corrected chi connectivity index (χ0v) is 23.2. The van der Waals surface area contributed by atoms with Gasteiger partial charge in [-0.15, -0.1) is 0 Å². The summed E-state index contributed by atoms with van der Waals surface area (Å²) in [4.78, 5) is 19.0. The second kappa shape index (κ2) is 14.3. The van der Waals surface area contributed by atoms with E-state index >= 15 is 0 Å². The fourth-order valence-corrected chi connectivity index (χ4v) is 4.59. The highest BCUT2D eigenvalue weighted by atomic mass is 16.5. The molecule has 0 spiro atoms. The van der Waals surface area contributed by atoms with Crippen LogP contribution in [0.1, 0.15) is 55.4 Å². The van der Waals surface area contributed by atoms with E-state index < -0.39 is 11.6 Å². The van der Waals surface area contributed by atoms with Gasteiger partial charge in [-0.05, 0) is 53.9 Å². The summed E-state index contributed by atoms with van der Waals surface area (Å²) in [6.07, 6.45) is 6.09. The second-order valence-electron chi connectivity index (χ2n) is 9.69. The van der Waals surface area contributed by atoms with Crippen LogP contribution in [-0.4, -0.2) is 49.3 Å². The molecule has 3 aromatic rings. The van der Waals surface area contributed by atoms with Crippen molar-refractivity contribution in [2.24, 2.45) is 4.99 Å². The third-order valence-electron chi connectivity index (χ3n) is 6.78. The van der Waals surface area contributed by atoms with Crippen LogP contribution >= 0.6 is 0 Å². The van der Waals surface area contributed by atoms with Crippen molar-refractivity contribution in [3.8, 4) is 11.5 Å². The second-order valence-corrected chi connectivity index (χ2v) is 9.69. The Morgan fingerprint density at radius 3 is 2.58 bits per heavy atom. The minimum absolute atomic E-state index is 0.0789. The van der Waals surface area contributed by atoms with E-state index in [1.54, 1.807) is 7.11 Å². The van der Waals surface area contributed by atoms with Crippen LogP contribution in [0, 0.1) is 0 Å². The molecule has 1 aliphatic rings. The first-order valence-electron chi connectivity index (χ1n) is 13.8. The summed E-state index contributed by atoms with van der Waals surface area (Å²) in [7, 11) is 1.62. The number of aliphatic hydroxyl groups is 1. The smallest absolute Gasteiger partial charge is 0.252 e. The third-order valence-corrected chi connectivity index (χ3v) is 6.78. The maximum Gasteiger partial charge on any atom is 0.252 e. The molecule has 0 radical (unpaired) electrons. The van der Waals surface area contributed by atoms with Gasteiger partial charge in [0.1, 0.15) is 11.5 Å². The molecule has 0 aromatic heterocycles. The van der Waals surface area contributed by atoms with Gasteiger partial charge in [-0.25, -0.2) is 4.99 Å². The van der Waals surface area contributed by atoms with Gasteiger partial charge in [0.25, 0.3) is 5.91 Å². The molecule has 7 nitrogen and oxygen atoms in total. The molecule has 0 fully saturated rings. The topological polar surface area (TPSA) is 89.4 Å². The number of aliphatic hydroxyl groups excluding tert-OH is 1. The summed E-state index contributed by atoms with van der Waals surface area (Å²) >= 11 is 0. The Kier molecular flexibility index (Phi) is 10.4. The standard InChI is InChI=1S/C33H38N2O5/c1-3-4-21-34-32(37)33(20-9-13-25-11-6-5-7-12-25)30(27-14-8-15-29(24-27)38-2)40-31(35-33)26-16-18-28(19-17-26)39-23-10-22-36/h5-9,11-19,24,30,36H,3-4,10,20-23H2,1-2H3,(H,34,37)/b13-9+/t30-,33-/m1/s1. The van der Waals surface area contributed by atoms with Gasteiger partial charge < -0.3 is 24.6 Å². The van der Waals surface area contributed by atoms with Crippen LogP contribution in [0.2, 0.25) is 0 Å². The first-order chi connectivity index (χ1) is 19.6. The fraction of sp³-hybridized carbons (Fsp3) is 0.333. The highest BCUT2D eigenvalue weighted by Gasteiger charge is 2.52. The van der Waals surface area contributed by atoms with Crippen LogP contribution in [0.4, 0.5) is 0 Å². The van der Waals surface area contributed by atoms with Crippen LogP contribution in [0.3, 0.4) is 0 Å². The predicted octanol–water partition coefficient (Wildman–Crippen LogP) is 5.73. The van der Waals surface area contributed by atoms with E-state index in [-0.39, 0.29) is 12.5 Å². The van der Waals surface area contributed by atoms with Gasteiger partial charge in [0.05, 0.1) is 13.7 Å². The van der Waals surface area contributed by atoms with Crippen molar-refractivity contribution in [3.63, 3.8) is 0 Å². The van der Waals surface area contributed by atoms with Crippen LogP contribution in [0.15, 0.2) is 89.9 Å². The number of nitrogens with one attached hydrogen (secondary N) is 1. The van der Waals surface area contributed by atoms with Crippen LogP contribution in [0.5, 0.6) is 11.5 Å². The number of methoxy groups -OCH3 is 1. The van der Waals surface area contributed by atoms with Crippen molar-refractivity contribution < 1.29 is 24.1 Å². The van der Waals surface area contributed by atoms with Gasteiger partial charge in [0.15, 0.2) is 11.6 Å². The van der Waals surface area contributed by atoms with Gasteiger partial charge in [0.2, 0.25) is 5.90 Å². The molecule has 40 heavy (non-hydrogen) atoms. The number of ether oxygens (including phenoxy) is 3. The molecule has 0 saturated carbocycles. The van der Waals surface area contributed by atoms with Crippen LogP contribution in [0.25, 0.3) is 6.08 Å². The number of nitrogens with zero attached hydrogens (tertiary/aromatic N) is 1. The van der Waals surface area contributed by atoms with Crippen molar-refractivity contribution in [2.75, 3.05) is 26.9 Å². The Balaban J connectivity index is 1.73. The number of carbonyl (C=O) groups excluding carboxylic acids is 1. The van der Waals surface area contributed by atoms with E-state index in [1.165, 1.54) is 0 Å². The summed E-state index contributed by atoms with van der Waals surface area (Å²) in [5, 5.41) is 12.1. The summed E-state index contributed by atoms with van der Waals surface area (Å²) in [6, 6.07) is 25.0. The Bertz CT molecular complexity index is 1290. The number of aliphatic imine (C=N–C) groups is 1. The lowest BCUT2D eigenvalue weighted by Gasteiger charge is -2.30. The Morgan fingerprint density at radius 1 is 1.05 bits per heavy atom. The molecule has 210 valence electrons. The maximum absolute atomic E-state index is 14.0. The van der Waals surface area contributed by atoms with E-state index in [2.05, 4.69) is 12.2 Å². The van der Waals surface area contributed by atoms with Gasteiger partial charge >= 0.3 is 0 Å². The molecule has 2 N–H and O–H groups in total. The lowest BCUT2D eigenvalue weighted by atomic mass is 9.84. The molecule has 1 amide bonds. The molecular formula is C33H38N2O5. The molecule has 2 atom stereocenters. The van der Waals surface area contributed by atoms with E-state index in [0.29, 0.717) is 43.4 Å². The number of benzene rings is 3. The molecule has 0 aliphatic carbocycles. The summed E-state index contributed by atoms with van der Waals surface area (Å²) in [5.74, 6) is 1.59. The average Bonchev–Trinajstić information content (AvgIpc) is 3.39. The van der Waals surface area contributed by atoms with Crippen LogP contribution < -0.4 is 14.8 Å². The summed E-state index contributed by atoms with van der Waals surface area (Å²) in [5.41, 5.74) is 1.37. The molecule has 0 bridgehead atoms. The van der Waals surface area contributed by atoms with E-state index in [9.17, 15) is 4.79 Å². The summed E-state index contributed by atoms with van der Waals surface area (Å²) < 4.78 is 17.7. The number of hydrogen-bond acceptors (Lipinski definition) is 6. The van der Waals surface area contributed by atoms with Gasteiger partial charge in [-0.1, -0.05) is 68.0 Å². The van der Waals surface area contributed by atoms with Gasteiger partial charge in [-0.2, -0.15) is 0 Å². The molecule has 0 unspecified atom stereocenters. The number of rotatable bonds is 14. The van der Waals surface area contributed by atoms with Crippen molar-refractivity contribution >= 4 is 17.9 Å². The zero-order valence-electron chi connectivity index (χ0n) is 23.2. The highest BCUT2D eigenvalue weighted by Crippen LogP contribution is 2.43. The summed E-state index contributed by atoms with van der Waals surface area (Å²) in [6.45, 7) is 3.17. The normalized spacial score (nSPS) is 18.3. The number of carbonyl (C=O) groups is 1. The fourth-order valence-electron chi connectivity index (χ4n) is 4.59. The molecule has 1 heterocycles. The van der Waals surface area contributed by atoms with Crippen LogP contribution in [-0.2, 0) is 9.53 Å². The van der Waals surface area contributed by atoms with E-state index in [0.717, 1.165) is 29.5 Å². The predicted molar refractivity (Wildman–Crippen MR) is 158 cm³/mol. The number of amides is 1. The quantitative estimate of drug-likeness (QED) is 0.254. The first kappa shape index (κ1) is 28.9. The minimum Gasteiger partial charge on any atom is -0.497 e. The van der Waals surface area contributed by atoms with Crippen molar-refractivity contribution in [3.05, 3.63) is 102 Å². The Labute approximate surface area is 236 Å². The molecule has 1 aliphatic heterocycles. The third kappa shape index (κ3) is 7.10. The highest BCUT2D eigenvalue weighted by molar-refractivity contribution is 6.01. The molecule has 7 heteroatoms. The minimum atomic E-state index is -1.23. The van der Waals surface area contributed by atoms with Crippen molar-refractivity contribution in [2.45, 2.75) is 44.2 Å². The van der Waals surface area contributed by atoms with E-state index in [4.69, 9.17) is 24.3 Å². The molecule has 4 rings (SSSR count). The first-order valence-corrected chi connectivity index (χ1v) is 13.8. The van der Waals surface area contributed by atoms with Crippen molar-refractivity contribution in [1.82, 2.24) is 5.32 Å². The van der Waals surface area contributed by atoms with Crippen molar-refractivity contribution in [1.29, 1.82) is 0 Å². The van der Waals surface area contributed by atoms with E-state index in [1.807, 2.05) is 91.0 Å². The SMILES string of the molecule is CCCCNC(=O)[C@]1(C/C=C/c2ccccc2)N=C(c2ccc(OCCCO)cc2)O[C@@H]1c1cccc(OC)c1. The number of hydrogen-bond donors (Lipinski definition) is 2. The zero-order chi connectivity index (χ0) is 28.2. The maximum atomic E-state index is 14.0. The molecular weight excluding hydrogens is 504 g/mol. The number of unbranched alkanes of at least 4 members (excludes halogenated alkanes) is 1. The lowest BCUT2D eigenvalue weighted by molar-refractivity contribution is -0.128. The largest absolute Gasteiger partial charge is 0.497 e. The average molecular weight is 543 g/mol. The Morgan fingerprint density at radius 2 is 1.85 bits per heavy atom. The monoisotopic (exact) mass is 542 g/mol.